The molecule has 7 heteroatoms. The van der Waals surface area contributed by atoms with E-state index in [0.29, 0.717) is 12.3 Å². The van der Waals surface area contributed by atoms with Crippen LogP contribution >= 0.6 is 34.4 Å². The molecule has 2 N–H and O–H groups in total. The lowest BCUT2D eigenvalue weighted by atomic mass is 10.0. The van der Waals surface area contributed by atoms with Crippen LogP contribution in [0.15, 0.2) is 60.7 Å². The molecule has 0 bridgehead atoms. The molecule has 2 aliphatic heterocycles. The van der Waals surface area contributed by atoms with E-state index in [1.807, 2.05) is 60.7 Å². The SMILES string of the molecule is NC1C(=O)N2CC(I)(C(=O)OC(c3ccccc3)c3ccccc3)CS[C@H]12. The molecule has 2 aliphatic rings. The van der Waals surface area contributed by atoms with Crippen molar-refractivity contribution in [2.75, 3.05) is 12.3 Å². The minimum absolute atomic E-state index is 0.0211. The predicted molar refractivity (Wildman–Crippen MR) is 114 cm³/mol. The van der Waals surface area contributed by atoms with Crippen LogP contribution in [-0.4, -0.2) is 43.9 Å². The number of amides is 1. The van der Waals surface area contributed by atoms with Gasteiger partial charge >= 0.3 is 5.97 Å². The maximum Gasteiger partial charge on any atom is 0.325 e. The van der Waals surface area contributed by atoms with Crippen molar-refractivity contribution in [1.29, 1.82) is 0 Å². The standard InChI is InChI=1S/C20H19IN2O3S/c21-20(11-23-17(24)15(22)18(23)27-12-20)19(25)26-16(13-7-3-1-4-8-13)14-9-5-2-6-10-14/h1-10,15-16,18H,11-12,22H2/t15?,18-,20?/m1/s1. The highest BCUT2D eigenvalue weighted by molar-refractivity contribution is 14.1. The number of halogens is 1. The average molecular weight is 494 g/mol. The van der Waals surface area contributed by atoms with Crippen molar-refractivity contribution in [2.45, 2.75) is 20.9 Å². The van der Waals surface area contributed by atoms with Crippen LogP contribution in [0.4, 0.5) is 0 Å². The molecule has 0 aliphatic carbocycles. The largest absolute Gasteiger partial charge is 0.451 e. The summed E-state index contributed by atoms with van der Waals surface area (Å²) < 4.78 is 5.22. The van der Waals surface area contributed by atoms with Gasteiger partial charge in [0.25, 0.3) is 0 Å². The molecule has 2 heterocycles. The van der Waals surface area contributed by atoms with Gasteiger partial charge in [-0.25, -0.2) is 0 Å². The Morgan fingerprint density at radius 3 is 2.26 bits per heavy atom. The third kappa shape index (κ3) is 3.48. The van der Waals surface area contributed by atoms with Gasteiger partial charge in [-0.15, -0.1) is 11.8 Å². The van der Waals surface area contributed by atoms with Gasteiger partial charge in [0.1, 0.15) is 14.8 Å². The fourth-order valence-corrected chi connectivity index (χ4v) is 5.73. The van der Waals surface area contributed by atoms with Gasteiger partial charge < -0.3 is 15.4 Å². The van der Waals surface area contributed by atoms with E-state index in [-0.39, 0.29) is 17.3 Å². The Labute approximate surface area is 175 Å². The van der Waals surface area contributed by atoms with Crippen molar-refractivity contribution in [2.24, 2.45) is 5.73 Å². The summed E-state index contributed by atoms with van der Waals surface area (Å²) in [6.07, 6.45) is -0.483. The van der Waals surface area contributed by atoms with Gasteiger partial charge in [-0.1, -0.05) is 83.3 Å². The molecule has 0 aromatic heterocycles. The zero-order valence-electron chi connectivity index (χ0n) is 14.5. The van der Waals surface area contributed by atoms with Crippen molar-refractivity contribution in [3.8, 4) is 0 Å². The minimum Gasteiger partial charge on any atom is -0.451 e. The van der Waals surface area contributed by atoms with Gasteiger partial charge in [0.15, 0.2) is 6.10 Å². The molecule has 2 aromatic carbocycles. The summed E-state index contributed by atoms with van der Waals surface area (Å²) in [5, 5.41) is -0.0211. The van der Waals surface area contributed by atoms with Crippen LogP contribution in [0.3, 0.4) is 0 Å². The number of carbonyl (C=O) groups is 2. The van der Waals surface area contributed by atoms with E-state index in [2.05, 4.69) is 22.6 Å². The molecule has 0 radical (unpaired) electrons. The second kappa shape index (κ2) is 7.44. The lowest BCUT2D eigenvalue weighted by Crippen LogP contribution is -2.72. The highest BCUT2D eigenvalue weighted by atomic mass is 127. The second-order valence-electron chi connectivity index (χ2n) is 6.77. The molecule has 140 valence electrons. The third-order valence-electron chi connectivity index (χ3n) is 4.88. The molecule has 2 saturated heterocycles. The van der Waals surface area contributed by atoms with Crippen LogP contribution < -0.4 is 5.73 Å². The number of nitrogens with two attached hydrogens (primary N) is 1. The Morgan fingerprint density at radius 2 is 1.70 bits per heavy atom. The predicted octanol–water partition coefficient (Wildman–Crippen LogP) is 2.74. The summed E-state index contributed by atoms with van der Waals surface area (Å²) in [5.74, 6) is 0.175. The van der Waals surface area contributed by atoms with E-state index in [9.17, 15) is 9.59 Å². The maximum atomic E-state index is 13.1. The molecule has 2 unspecified atom stereocenters. The number of benzene rings is 2. The molecule has 1 amide bonds. The van der Waals surface area contributed by atoms with Gasteiger partial charge in [0.2, 0.25) is 5.91 Å². The Hall–Kier alpha value is -1.58. The van der Waals surface area contributed by atoms with Crippen LogP contribution in [0.5, 0.6) is 0 Å². The number of carbonyl (C=O) groups excluding carboxylic acids is 2. The molecule has 27 heavy (non-hydrogen) atoms. The van der Waals surface area contributed by atoms with Crippen molar-refractivity contribution < 1.29 is 14.3 Å². The van der Waals surface area contributed by atoms with E-state index in [0.717, 1.165) is 11.1 Å². The quantitative estimate of drug-likeness (QED) is 0.307. The van der Waals surface area contributed by atoms with Crippen molar-refractivity contribution >= 4 is 46.2 Å². The van der Waals surface area contributed by atoms with Gasteiger partial charge in [-0.3, -0.25) is 9.59 Å². The number of nitrogens with zero attached hydrogens (tertiary/aromatic N) is 1. The fraction of sp³-hybridized carbons (Fsp3) is 0.300. The van der Waals surface area contributed by atoms with Gasteiger partial charge in [-0.2, -0.15) is 0 Å². The lowest BCUT2D eigenvalue weighted by Gasteiger charge is -2.51. The van der Waals surface area contributed by atoms with Gasteiger partial charge in [0.05, 0.1) is 0 Å². The van der Waals surface area contributed by atoms with Crippen LogP contribution in [0, 0.1) is 0 Å². The van der Waals surface area contributed by atoms with E-state index in [1.165, 1.54) is 0 Å². The van der Waals surface area contributed by atoms with Gasteiger partial charge in [0, 0.05) is 12.3 Å². The summed E-state index contributed by atoms with van der Waals surface area (Å²) >= 11 is 3.68. The molecule has 5 nitrogen and oxygen atoms in total. The number of ether oxygens (including phenoxy) is 1. The molecule has 4 rings (SSSR count). The van der Waals surface area contributed by atoms with Crippen LogP contribution in [0.1, 0.15) is 17.2 Å². The smallest absolute Gasteiger partial charge is 0.325 e. The topological polar surface area (TPSA) is 72.6 Å². The Morgan fingerprint density at radius 1 is 1.15 bits per heavy atom. The first kappa shape index (κ1) is 18.8. The molecule has 3 atom stereocenters. The highest BCUT2D eigenvalue weighted by Gasteiger charge is 2.55. The number of β-lactam (4-membered cyclic amide) rings is 1. The minimum atomic E-state index is -0.781. The number of alkyl halides is 1. The second-order valence-corrected chi connectivity index (χ2v) is 9.94. The van der Waals surface area contributed by atoms with Crippen molar-refractivity contribution in [3.63, 3.8) is 0 Å². The van der Waals surface area contributed by atoms with Crippen LogP contribution in [0.25, 0.3) is 0 Å². The molecule has 0 saturated carbocycles. The Kier molecular flexibility index (Phi) is 5.17. The Balaban J connectivity index is 1.56. The fourth-order valence-electron chi connectivity index (χ4n) is 3.37. The summed E-state index contributed by atoms with van der Waals surface area (Å²) in [7, 11) is 0. The molecular weight excluding hydrogens is 475 g/mol. The maximum absolute atomic E-state index is 13.1. The first-order valence-electron chi connectivity index (χ1n) is 8.67. The van der Waals surface area contributed by atoms with Crippen LogP contribution in [0.2, 0.25) is 0 Å². The van der Waals surface area contributed by atoms with Crippen molar-refractivity contribution in [1.82, 2.24) is 4.90 Å². The number of esters is 1. The third-order valence-corrected chi connectivity index (χ3v) is 8.11. The van der Waals surface area contributed by atoms with E-state index >= 15 is 0 Å². The number of thioether (sulfide) groups is 1. The highest BCUT2D eigenvalue weighted by Crippen LogP contribution is 2.42. The zero-order chi connectivity index (χ0) is 19.0. The van der Waals surface area contributed by atoms with Gasteiger partial charge in [-0.05, 0) is 11.1 Å². The monoisotopic (exact) mass is 494 g/mol. The lowest BCUT2D eigenvalue weighted by molar-refractivity contribution is -0.153. The van der Waals surface area contributed by atoms with Crippen molar-refractivity contribution in [3.05, 3.63) is 71.8 Å². The first-order chi connectivity index (χ1) is 13.0. The summed E-state index contributed by atoms with van der Waals surface area (Å²) in [5.41, 5.74) is 7.68. The average Bonchev–Trinajstić information content (AvgIpc) is 2.72. The van der Waals surface area contributed by atoms with E-state index < -0.39 is 15.6 Å². The normalized spacial score (nSPS) is 27.1. The first-order valence-corrected chi connectivity index (χ1v) is 10.8. The molecular formula is C20H19IN2O3S. The Bertz CT molecular complexity index is 811. The number of fused-ring (bicyclic) bond motifs is 1. The van der Waals surface area contributed by atoms with E-state index in [4.69, 9.17) is 10.5 Å². The number of hydrogen-bond acceptors (Lipinski definition) is 5. The summed E-state index contributed by atoms with van der Waals surface area (Å²) in [6, 6.07) is 19.0. The molecule has 2 fully saturated rings. The van der Waals surface area contributed by atoms with E-state index in [1.54, 1.807) is 16.7 Å². The van der Waals surface area contributed by atoms with Crippen LogP contribution in [-0.2, 0) is 14.3 Å². The summed E-state index contributed by atoms with van der Waals surface area (Å²) in [4.78, 5) is 26.8. The number of hydrogen-bond donors (Lipinski definition) is 1. The summed E-state index contributed by atoms with van der Waals surface area (Å²) in [6.45, 7) is 0.340. The molecule has 0 spiro atoms. The number of rotatable bonds is 4. The molecule has 2 aromatic rings. The zero-order valence-corrected chi connectivity index (χ0v) is 17.4.